The lowest BCUT2D eigenvalue weighted by Crippen LogP contribution is -2.08. The van der Waals surface area contributed by atoms with Gasteiger partial charge in [0, 0.05) is 0 Å². The van der Waals surface area contributed by atoms with Gasteiger partial charge in [-0.15, -0.1) is 0 Å². The summed E-state index contributed by atoms with van der Waals surface area (Å²) in [6.45, 7) is 2.10. The van der Waals surface area contributed by atoms with Crippen molar-refractivity contribution in [1.29, 1.82) is 0 Å². The first-order chi connectivity index (χ1) is 8.20. The summed E-state index contributed by atoms with van der Waals surface area (Å²) in [6, 6.07) is 5.88. The Bertz CT molecular complexity index is 487. The molecule has 2 rings (SSSR count). The lowest BCUT2D eigenvalue weighted by molar-refractivity contribution is 0.474. The van der Waals surface area contributed by atoms with Gasteiger partial charge >= 0.3 is 0 Å². The van der Waals surface area contributed by atoms with Crippen LogP contribution >= 0.6 is 27.5 Å². The number of anilines is 1. The van der Waals surface area contributed by atoms with E-state index in [2.05, 4.69) is 33.2 Å². The number of rotatable bonds is 4. The standard InChI is InChI=1S/C12H12BrClN2O/c1-2-10(11-4-3-5-17-11)16-8-6-9(13)12(14)15-7-8/h3-7,10,16H,2H2,1H3. The van der Waals surface area contributed by atoms with Crippen molar-refractivity contribution in [1.82, 2.24) is 4.98 Å². The Labute approximate surface area is 113 Å². The number of pyridine rings is 1. The molecule has 1 unspecified atom stereocenters. The van der Waals surface area contributed by atoms with Crippen molar-refractivity contribution >= 4 is 33.2 Å². The van der Waals surface area contributed by atoms with Gasteiger partial charge in [-0.2, -0.15) is 0 Å². The second kappa shape index (κ2) is 5.56. The second-order valence-electron chi connectivity index (χ2n) is 3.62. The summed E-state index contributed by atoms with van der Waals surface area (Å²) in [5, 5.41) is 3.81. The molecule has 0 aliphatic heterocycles. The zero-order chi connectivity index (χ0) is 12.3. The monoisotopic (exact) mass is 314 g/mol. The van der Waals surface area contributed by atoms with Crippen LogP contribution in [0.1, 0.15) is 25.1 Å². The van der Waals surface area contributed by atoms with Crippen LogP contribution < -0.4 is 5.32 Å². The van der Waals surface area contributed by atoms with E-state index < -0.39 is 0 Å². The fourth-order valence-electron chi connectivity index (χ4n) is 1.57. The van der Waals surface area contributed by atoms with E-state index >= 15 is 0 Å². The van der Waals surface area contributed by atoms with Crippen molar-refractivity contribution in [3.63, 3.8) is 0 Å². The first kappa shape index (κ1) is 12.5. The molecule has 1 N–H and O–H groups in total. The number of aromatic nitrogens is 1. The number of hydrogen-bond donors (Lipinski definition) is 1. The average Bonchev–Trinajstić information content (AvgIpc) is 2.84. The average molecular weight is 316 g/mol. The maximum atomic E-state index is 5.85. The molecule has 0 spiro atoms. The van der Waals surface area contributed by atoms with Crippen molar-refractivity contribution in [2.75, 3.05) is 5.32 Å². The maximum Gasteiger partial charge on any atom is 0.143 e. The molecule has 0 aliphatic rings. The highest BCUT2D eigenvalue weighted by molar-refractivity contribution is 9.10. The van der Waals surface area contributed by atoms with Gasteiger partial charge in [0.1, 0.15) is 10.9 Å². The van der Waals surface area contributed by atoms with Crippen LogP contribution in [0, 0.1) is 0 Å². The van der Waals surface area contributed by atoms with Gasteiger partial charge in [-0.1, -0.05) is 18.5 Å². The van der Waals surface area contributed by atoms with Crippen LogP contribution in [-0.2, 0) is 0 Å². The van der Waals surface area contributed by atoms with Crippen LogP contribution in [0.3, 0.4) is 0 Å². The van der Waals surface area contributed by atoms with E-state index in [0.29, 0.717) is 5.15 Å². The zero-order valence-electron chi connectivity index (χ0n) is 9.28. The Morgan fingerprint density at radius 2 is 2.41 bits per heavy atom. The first-order valence-corrected chi connectivity index (χ1v) is 6.48. The van der Waals surface area contributed by atoms with Gasteiger partial charge in [0.15, 0.2) is 0 Å². The molecule has 2 aromatic heterocycles. The lowest BCUT2D eigenvalue weighted by atomic mass is 10.1. The number of nitrogens with zero attached hydrogens (tertiary/aromatic N) is 1. The quantitative estimate of drug-likeness (QED) is 0.834. The molecular weight excluding hydrogens is 304 g/mol. The molecule has 0 saturated carbocycles. The predicted octanol–water partition coefficient (Wildman–Crippen LogP) is 4.65. The van der Waals surface area contributed by atoms with Crippen molar-refractivity contribution < 1.29 is 4.42 Å². The van der Waals surface area contributed by atoms with Gasteiger partial charge < -0.3 is 9.73 Å². The highest BCUT2D eigenvalue weighted by atomic mass is 79.9. The normalized spacial score (nSPS) is 12.4. The summed E-state index contributed by atoms with van der Waals surface area (Å²) < 4.78 is 6.17. The van der Waals surface area contributed by atoms with Crippen LogP contribution in [0.4, 0.5) is 5.69 Å². The number of nitrogens with one attached hydrogen (secondary N) is 1. The molecule has 0 bridgehead atoms. The maximum absolute atomic E-state index is 5.85. The van der Waals surface area contributed by atoms with Gasteiger partial charge in [0.05, 0.1) is 28.7 Å². The molecule has 3 nitrogen and oxygen atoms in total. The third-order valence-electron chi connectivity index (χ3n) is 2.43. The summed E-state index contributed by atoms with van der Waals surface area (Å²) in [5.74, 6) is 0.915. The molecule has 1 atom stereocenters. The minimum atomic E-state index is 0.139. The Morgan fingerprint density at radius 3 is 3.00 bits per heavy atom. The highest BCUT2D eigenvalue weighted by Crippen LogP contribution is 2.27. The van der Waals surface area contributed by atoms with E-state index in [1.807, 2.05) is 18.2 Å². The molecule has 0 aromatic carbocycles. The molecule has 0 fully saturated rings. The number of furan rings is 1. The van der Waals surface area contributed by atoms with Crippen LogP contribution in [0.5, 0.6) is 0 Å². The van der Waals surface area contributed by atoms with Crippen LogP contribution in [-0.4, -0.2) is 4.98 Å². The van der Waals surface area contributed by atoms with Crippen molar-refractivity contribution in [2.24, 2.45) is 0 Å². The summed E-state index contributed by atoms with van der Waals surface area (Å²) in [6.07, 6.45) is 4.31. The fourth-order valence-corrected chi connectivity index (χ4v) is 2.02. The molecule has 0 aliphatic carbocycles. The van der Waals surface area contributed by atoms with Gasteiger partial charge in [-0.05, 0) is 40.5 Å². The van der Waals surface area contributed by atoms with E-state index in [-0.39, 0.29) is 6.04 Å². The van der Waals surface area contributed by atoms with E-state index in [4.69, 9.17) is 16.0 Å². The van der Waals surface area contributed by atoms with Crippen molar-refractivity contribution in [2.45, 2.75) is 19.4 Å². The van der Waals surface area contributed by atoms with E-state index in [1.165, 1.54) is 0 Å². The molecular formula is C12H12BrClN2O. The summed E-state index contributed by atoms with van der Waals surface area (Å²) in [7, 11) is 0. The Kier molecular flexibility index (Phi) is 4.07. The molecule has 5 heteroatoms. The summed E-state index contributed by atoms with van der Waals surface area (Å²) in [5.41, 5.74) is 0.907. The molecule has 0 saturated heterocycles. The van der Waals surface area contributed by atoms with Crippen molar-refractivity contribution in [3.8, 4) is 0 Å². The Hall–Kier alpha value is -1.00. The van der Waals surface area contributed by atoms with Gasteiger partial charge in [-0.3, -0.25) is 0 Å². The largest absolute Gasteiger partial charge is 0.467 e. The SMILES string of the molecule is CCC(Nc1cnc(Cl)c(Br)c1)c1ccco1. The molecule has 2 heterocycles. The Balaban J connectivity index is 2.16. The van der Waals surface area contributed by atoms with Crippen molar-refractivity contribution in [3.05, 3.63) is 46.0 Å². The number of hydrogen-bond acceptors (Lipinski definition) is 3. The molecule has 2 aromatic rings. The molecule has 0 amide bonds. The van der Waals surface area contributed by atoms with Crippen LogP contribution in [0.2, 0.25) is 5.15 Å². The van der Waals surface area contributed by atoms with Gasteiger partial charge in [0.2, 0.25) is 0 Å². The summed E-state index contributed by atoms with van der Waals surface area (Å²) in [4.78, 5) is 4.07. The van der Waals surface area contributed by atoms with E-state index in [0.717, 1.165) is 22.3 Å². The van der Waals surface area contributed by atoms with Crippen LogP contribution in [0.25, 0.3) is 0 Å². The lowest BCUT2D eigenvalue weighted by Gasteiger charge is -2.15. The van der Waals surface area contributed by atoms with E-state index in [1.54, 1.807) is 12.5 Å². The topological polar surface area (TPSA) is 38.1 Å². The van der Waals surface area contributed by atoms with Gasteiger partial charge in [-0.25, -0.2) is 4.98 Å². The fraction of sp³-hybridized carbons (Fsp3) is 0.250. The minimum Gasteiger partial charge on any atom is -0.467 e. The number of halogens is 2. The molecule has 17 heavy (non-hydrogen) atoms. The summed E-state index contributed by atoms with van der Waals surface area (Å²) >= 11 is 9.20. The van der Waals surface area contributed by atoms with Gasteiger partial charge in [0.25, 0.3) is 0 Å². The third kappa shape index (κ3) is 3.01. The van der Waals surface area contributed by atoms with E-state index in [9.17, 15) is 0 Å². The second-order valence-corrected chi connectivity index (χ2v) is 4.83. The zero-order valence-corrected chi connectivity index (χ0v) is 11.6. The smallest absolute Gasteiger partial charge is 0.143 e. The first-order valence-electron chi connectivity index (χ1n) is 5.31. The highest BCUT2D eigenvalue weighted by Gasteiger charge is 2.12. The molecule has 0 radical (unpaired) electrons. The van der Waals surface area contributed by atoms with Crippen LogP contribution in [0.15, 0.2) is 39.5 Å². The predicted molar refractivity (Wildman–Crippen MR) is 72.3 cm³/mol. The molecule has 90 valence electrons. The minimum absolute atomic E-state index is 0.139. The third-order valence-corrected chi connectivity index (χ3v) is 3.57. The Morgan fingerprint density at radius 1 is 1.59 bits per heavy atom.